The number of rotatable bonds is 4. The Morgan fingerprint density at radius 1 is 1.43 bits per heavy atom. The highest BCUT2D eigenvalue weighted by Gasteiger charge is 2.27. The number of imidazole rings is 1. The molecule has 0 saturated heterocycles. The van der Waals surface area contributed by atoms with Crippen molar-refractivity contribution in [1.29, 1.82) is 0 Å². The summed E-state index contributed by atoms with van der Waals surface area (Å²) in [6.45, 7) is 2.57. The first-order valence-corrected chi connectivity index (χ1v) is 7.88. The number of aromatic nitrogens is 4. The Hall–Kier alpha value is -2.38. The van der Waals surface area contributed by atoms with E-state index >= 15 is 0 Å². The van der Waals surface area contributed by atoms with Gasteiger partial charge in [-0.3, -0.25) is 14.6 Å². The van der Waals surface area contributed by atoms with Gasteiger partial charge in [0.2, 0.25) is 5.95 Å². The average Bonchev–Trinajstić information content (AvgIpc) is 2.89. The maximum Gasteiger partial charge on any atom is 0.302 e. The second kappa shape index (κ2) is 6.39. The number of nitrogens with zero attached hydrogens (tertiary/aromatic N) is 3. The topological polar surface area (TPSA) is 116 Å². The first kappa shape index (κ1) is 15.5. The first-order valence-electron chi connectivity index (χ1n) is 7.88. The Balaban J connectivity index is 1.82. The molecule has 2 aromatic heterocycles. The van der Waals surface area contributed by atoms with Crippen molar-refractivity contribution in [3.05, 3.63) is 16.7 Å². The van der Waals surface area contributed by atoms with Gasteiger partial charge in [-0.05, 0) is 24.7 Å². The van der Waals surface area contributed by atoms with Gasteiger partial charge in [0.25, 0.3) is 5.56 Å². The molecule has 1 saturated carbocycles. The Kier molecular flexibility index (Phi) is 4.31. The van der Waals surface area contributed by atoms with E-state index in [1.807, 2.05) is 4.57 Å². The van der Waals surface area contributed by atoms with E-state index in [2.05, 4.69) is 15.0 Å². The van der Waals surface area contributed by atoms with Crippen LogP contribution in [0.2, 0.25) is 0 Å². The molecule has 0 spiro atoms. The van der Waals surface area contributed by atoms with Crippen LogP contribution in [0.25, 0.3) is 11.2 Å². The maximum atomic E-state index is 11.8. The molecule has 2 heterocycles. The summed E-state index contributed by atoms with van der Waals surface area (Å²) in [5.74, 6) is 0.528. The zero-order chi connectivity index (χ0) is 16.4. The van der Waals surface area contributed by atoms with E-state index in [9.17, 15) is 9.59 Å². The summed E-state index contributed by atoms with van der Waals surface area (Å²) in [6, 6.07) is 0. The molecule has 8 heteroatoms. The van der Waals surface area contributed by atoms with Crippen LogP contribution in [0.4, 0.5) is 5.95 Å². The number of ether oxygens (including phenoxy) is 1. The van der Waals surface area contributed by atoms with Crippen molar-refractivity contribution in [3.63, 3.8) is 0 Å². The van der Waals surface area contributed by atoms with Crippen LogP contribution in [-0.4, -0.2) is 32.1 Å². The number of hydrogen-bond donors (Lipinski definition) is 2. The van der Waals surface area contributed by atoms with Gasteiger partial charge in [-0.25, -0.2) is 4.98 Å². The van der Waals surface area contributed by atoms with Gasteiger partial charge in [0.1, 0.15) is 0 Å². The van der Waals surface area contributed by atoms with Crippen LogP contribution in [-0.2, 0) is 16.1 Å². The molecule has 23 heavy (non-hydrogen) atoms. The van der Waals surface area contributed by atoms with Crippen LogP contribution in [0, 0.1) is 11.8 Å². The van der Waals surface area contributed by atoms with Gasteiger partial charge >= 0.3 is 5.97 Å². The number of carbonyl (C=O) groups is 1. The molecule has 1 aliphatic rings. The summed E-state index contributed by atoms with van der Waals surface area (Å²) in [5, 5.41) is 0. The molecule has 1 fully saturated rings. The van der Waals surface area contributed by atoms with E-state index < -0.39 is 0 Å². The molecule has 3 rings (SSSR count). The lowest BCUT2D eigenvalue weighted by Gasteiger charge is -2.31. The molecule has 2 atom stereocenters. The van der Waals surface area contributed by atoms with Gasteiger partial charge in [-0.15, -0.1) is 0 Å². The zero-order valence-electron chi connectivity index (χ0n) is 13.1. The van der Waals surface area contributed by atoms with Crippen LogP contribution in [0.1, 0.15) is 32.6 Å². The van der Waals surface area contributed by atoms with Crippen LogP contribution >= 0.6 is 0 Å². The third-order valence-corrected chi connectivity index (χ3v) is 4.49. The van der Waals surface area contributed by atoms with Crippen LogP contribution in [0.5, 0.6) is 0 Å². The second-order valence-electron chi connectivity index (χ2n) is 6.13. The molecule has 8 nitrogen and oxygen atoms in total. The molecular weight excluding hydrogens is 298 g/mol. The second-order valence-corrected chi connectivity index (χ2v) is 6.13. The lowest BCUT2D eigenvalue weighted by molar-refractivity contribution is -0.143. The smallest absolute Gasteiger partial charge is 0.302 e. The summed E-state index contributed by atoms with van der Waals surface area (Å²) in [5.41, 5.74) is 6.10. The Bertz CT molecular complexity index is 766. The summed E-state index contributed by atoms with van der Waals surface area (Å²) >= 11 is 0. The minimum atomic E-state index is -0.327. The Labute approximate surface area is 133 Å². The van der Waals surface area contributed by atoms with Crippen LogP contribution in [0.15, 0.2) is 11.1 Å². The van der Waals surface area contributed by atoms with Crippen LogP contribution in [0.3, 0.4) is 0 Å². The lowest BCUT2D eigenvalue weighted by Crippen LogP contribution is -2.28. The number of carbonyl (C=O) groups excluding carboxylic acids is 1. The van der Waals surface area contributed by atoms with E-state index in [0.29, 0.717) is 36.2 Å². The van der Waals surface area contributed by atoms with Gasteiger partial charge in [-0.1, -0.05) is 12.8 Å². The predicted octanol–water partition coefficient (Wildman–Crippen LogP) is 1.07. The standard InChI is InChI=1S/C15H21N5O3/c1-9(21)23-7-11-5-3-2-4-10(11)6-20-8-17-12-13(20)18-15(16)19-14(12)22/h8,10-11H,2-7H2,1H3,(H3,16,18,19,22). The minimum Gasteiger partial charge on any atom is -0.466 e. The van der Waals surface area contributed by atoms with E-state index in [1.165, 1.54) is 6.92 Å². The van der Waals surface area contributed by atoms with Gasteiger partial charge in [0.15, 0.2) is 11.2 Å². The van der Waals surface area contributed by atoms with E-state index in [-0.39, 0.29) is 17.5 Å². The van der Waals surface area contributed by atoms with Crippen LogP contribution < -0.4 is 11.3 Å². The van der Waals surface area contributed by atoms with Crippen molar-refractivity contribution in [2.75, 3.05) is 12.3 Å². The van der Waals surface area contributed by atoms with Crippen molar-refractivity contribution in [2.24, 2.45) is 11.8 Å². The monoisotopic (exact) mass is 319 g/mol. The van der Waals surface area contributed by atoms with Crippen molar-refractivity contribution < 1.29 is 9.53 Å². The molecule has 0 bridgehead atoms. The van der Waals surface area contributed by atoms with Crippen molar-refractivity contribution in [1.82, 2.24) is 19.5 Å². The number of aromatic amines is 1. The summed E-state index contributed by atoms with van der Waals surface area (Å²) < 4.78 is 7.07. The fourth-order valence-corrected chi connectivity index (χ4v) is 3.33. The quantitative estimate of drug-likeness (QED) is 0.814. The molecule has 2 aromatic rings. The largest absolute Gasteiger partial charge is 0.466 e. The van der Waals surface area contributed by atoms with Crippen molar-refractivity contribution in [2.45, 2.75) is 39.2 Å². The predicted molar refractivity (Wildman–Crippen MR) is 84.6 cm³/mol. The Morgan fingerprint density at radius 2 is 2.17 bits per heavy atom. The highest BCUT2D eigenvalue weighted by molar-refractivity contribution is 5.70. The molecule has 0 aromatic carbocycles. The molecular formula is C15H21N5O3. The number of H-pyrrole nitrogens is 1. The zero-order valence-corrected chi connectivity index (χ0v) is 13.1. The molecule has 0 radical (unpaired) electrons. The summed E-state index contributed by atoms with van der Waals surface area (Å²) in [6.07, 6.45) is 6.04. The molecule has 124 valence electrons. The van der Waals surface area contributed by atoms with Gasteiger partial charge in [0, 0.05) is 13.5 Å². The van der Waals surface area contributed by atoms with Gasteiger partial charge < -0.3 is 15.0 Å². The van der Waals surface area contributed by atoms with E-state index in [1.54, 1.807) is 6.33 Å². The third kappa shape index (κ3) is 3.35. The number of nitrogen functional groups attached to an aromatic ring is 1. The first-order chi connectivity index (χ1) is 11.0. The lowest BCUT2D eigenvalue weighted by atomic mass is 9.79. The minimum absolute atomic E-state index is 0.0874. The van der Waals surface area contributed by atoms with E-state index in [4.69, 9.17) is 10.5 Å². The molecule has 0 aliphatic heterocycles. The molecule has 1 aliphatic carbocycles. The number of hydrogen-bond acceptors (Lipinski definition) is 6. The molecule has 2 unspecified atom stereocenters. The number of fused-ring (bicyclic) bond motifs is 1. The average molecular weight is 319 g/mol. The normalized spacial score (nSPS) is 21.4. The Morgan fingerprint density at radius 3 is 2.91 bits per heavy atom. The molecule has 0 amide bonds. The number of esters is 1. The summed E-state index contributed by atoms with van der Waals surface area (Å²) in [4.78, 5) is 33.7. The van der Waals surface area contributed by atoms with Gasteiger partial charge in [0.05, 0.1) is 12.9 Å². The fourth-order valence-electron chi connectivity index (χ4n) is 3.33. The highest BCUT2D eigenvalue weighted by Crippen LogP contribution is 2.32. The number of nitrogens with one attached hydrogen (secondary N) is 1. The van der Waals surface area contributed by atoms with Crippen molar-refractivity contribution >= 4 is 23.1 Å². The molecule has 3 N–H and O–H groups in total. The van der Waals surface area contributed by atoms with E-state index in [0.717, 1.165) is 25.7 Å². The number of nitrogens with two attached hydrogens (primary N) is 1. The third-order valence-electron chi connectivity index (χ3n) is 4.49. The van der Waals surface area contributed by atoms with Gasteiger partial charge in [-0.2, -0.15) is 4.98 Å². The number of anilines is 1. The maximum absolute atomic E-state index is 11.8. The fraction of sp³-hybridized carbons (Fsp3) is 0.600. The SMILES string of the molecule is CC(=O)OCC1CCCCC1Cn1cnc2c(=O)[nH]c(N)nc21. The highest BCUT2D eigenvalue weighted by atomic mass is 16.5. The van der Waals surface area contributed by atoms with Crippen molar-refractivity contribution in [3.8, 4) is 0 Å². The summed E-state index contributed by atoms with van der Waals surface area (Å²) in [7, 11) is 0.